The molecule has 1 N–H and O–H groups in total. The molecule has 0 radical (unpaired) electrons. The predicted molar refractivity (Wildman–Crippen MR) is 96.4 cm³/mol. The normalized spacial score (nSPS) is 12.3. The van der Waals surface area contributed by atoms with E-state index in [4.69, 9.17) is 16.3 Å². The largest absolute Gasteiger partial charge is 0.371 e. The monoisotopic (exact) mass is 345 g/mol. The highest BCUT2D eigenvalue weighted by Crippen LogP contribution is 2.26. The first-order chi connectivity index (χ1) is 11.2. The van der Waals surface area contributed by atoms with Gasteiger partial charge in [-0.3, -0.25) is 4.79 Å². The van der Waals surface area contributed by atoms with E-state index in [9.17, 15) is 4.79 Å². The Balaban J connectivity index is 1.72. The van der Waals surface area contributed by atoms with Crippen molar-refractivity contribution in [3.63, 3.8) is 0 Å². The van der Waals surface area contributed by atoms with Crippen molar-refractivity contribution in [2.45, 2.75) is 12.5 Å². The van der Waals surface area contributed by atoms with Gasteiger partial charge < -0.3 is 10.1 Å². The van der Waals surface area contributed by atoms with Gasteiger partial charge in [0.15, 0.2) is 0 Å². The summed E-state index contributed by atoms with van der Waals surface area (Å²) in [6.07, 6.45) is 0.00412. The van der Waals surface area contributed by atoms with Crippen molar-refractivity contribution >= 4 is 44.6 Å². The molecule has 1 amide bonds. The van der Waals surface area contributed by atoms with Crippen LogP contribution in [0.5, 0.6) is 0 Å². The summed E-state index contributed by atoms with van der Waals surface area (Å²) in [7, 11) is 1.55. The van der Waals surface area contributed by atoms with Gasteiger partial charge in [-0.25, -0.2) is 0 Å². The predicted octanol–water partition coefficient (Wildman–Crippen LogP) is 4.75. The number of benzene rings is 2. The summed E-state index contributed by atoms with van der Waals surface area (Å²) in [6, 6.07) is 17.4. The van der Waals surface area contributed by atoms with Gasteiger partial charge in [0.05, 0.1) is 0 Å². The minimum atomic E-state index is -0.540. The summed E-state index contributed by atoms with van der Waals surface area (Å²) in [4.78, 5) is 13.5. The number of anilines is 1. The maximum absolute atomic E-state index is 12.4. The lowest BCUT2D eigenvalue weighted by Crippen LogP contribution is -2.31. The molecule has 2 aromatic carbocycles. The Bertz CT molecular complexity index is 798. The van der Waals surface area contributed by atoms with E-state index in [-0.39, 0.29) is 5.91 Å². The van der Waals surface area contributed by atoms with Crippen molar-refractivity contribution in [1.29, 1.82) is 0 Å². The summed E-state index contributed by atoms with van der Waals surface area (Å²) < 4.78 is 6.59. The second kappa shape index (κ2) is 7.13. The number of carbonyl (C=O) groups is 1. The Morgan fingerprint density at radius 3 is 2.78 bits per heavy atom. The Morgan fingerprint density at radius 2 is 2.04 bits per heavy atom. The van der Waals surface area contributed by atoms with Gasteiger partial charge in [-0.15, -0.1) is 11.3 Å². The van der Waals surface area contributed by atoms with Crippen LogP contribution in [-0.4, -0.2) is 19.1 Å². The molecule has 23 heavy (non-hydrogen) atoms. The highest BCUT2D eigenvalue weighted by molar-refractivity contribution is 7.19. The number of thiophene rings is 1. The van der Waals surface area contributed by atoms with Crippen LogP contribution in [0.1, 0.15) is 4.88 Å². The quantitative estimate of drug-likeness (QED) is 0.724. The van der Waals surface area contributed by atoms with E-state index < -0.39 is 6.10 Å². The SMILES string of the molecule is COC(Cc1cc2ccccc2s1)C(=O)Nc1cccc(Cl)c1. The lowest BCUT2D eigenvalue weighted by atomic mass is 10.1. The van der Waals surface area contributed by atoms with Crippen LogP contribution >= 0.6 is 22.9 Å². The number of fused-ring (bicyclic) bond motifs is 1. The van der Waals surface area contributed by atoms with Gasteiger partial charge in [0.1, 0.15) is 6.10 Å². The molecule has 3 rings (SSSR count). The van der Waals surface area contributed by atoms with Crippen molar-refractivity contribution in [3.8, 4) is 0 Å². The first-order valence-electron chi connectivity index (χ1n) is 7.22. The first-order valence-corrected chi connectivity index (χ1v) is 8.42. The standard InChI is InChI=1S/C18H16ClNO2S/c1-22-16(18(21)20-14-7-4-6-13(19)10-14)11-15-9-12-5-2-3-8-17(12)23-15/h2-10,16H,11H2,1H3,(H,20,21). The first kappa shape index (κ1) is 16.0. The van der Waals surface area contributed by atoms with E-state index in [1.54, 1.807) is 42.7 Å². The van der Waals surface area contributed by atoms with Crippen molar-refractivity contribution < 1.29 is 9.53 Å². The van der Waals surface area contributed by atoms with Gasteiger partial charge >= 0.3 is 0 Å². The Morgan fingerprint density at radius 1 is 1.22 bits per heavy atom. The van der Waals surface area contributed by atoms with Crippen molar-refractivity contribution in [3.05, 3.63) is 64.5 Å². The van der Waals surface area contributed by atoms with Crippen LogP contribution in [0.4, 0.5) is 5.69 Å². The molecule has 118 valence electrons. The van der Waals surface area contributed by atoms with E-state index in [0.717, 1.165) is 4.88 Å². The fourth-order valence-electron chi connectivity index (χ4n) is 2.39. The zero-order valence-corrected chi connectivity index (χ0v) is 14.2. The smallest absolute Gasteiger partial charge is 0.253 e. The van der Waals surface area contributed by atoms with Gasteiger partial charge in [-0.2, -0.15) is 0 Å². The molecule has 3 aromatic rings. The highest BCUT2D eigenvalue weighted by atomic mass is 35.5. The van der Waals surface area contributed by atoms with Crippen LogP contribution in [0.15, 0.2) is 54.6 Å². The van der Waals surface area contributed by atoms with Crippen LogP contribution in [-0.2, 0) is 16.0 Å². The molecular formula is C18H16ClNO2S. The second-order valence-corrected chi connectivity index (χ2v) is 6.78. The maximum Gasteiger partial charge on any atom is 0.253 e. The molecule has 0 saturated carbocycles. The van der Waals surface area contributed by atoms with Crippen molar-refractivity contribution in [2.75, 3.05) is 12.4 Å². The Labute approximate surface area is 143 Å². The number of methoxy groups -OCH3 is 1. The van der Waals surface area contributed by atoms with E-state index in [2.05, 4.69) is 23.5 Å². The molecule has 1 unspecified atom stereocenters. The van der Waals surface area contributed by atoms with Crippen LogP contribution in [0.25, 0.3) is 10.1 Å². The zero-order valence-electron chi connectivity index (χ0n) is 12.6. The molecule has 0 aliphatic carbocycles. The number of halogens is 1. The van der Waals surface area contributed by atoms with Crippen LogP contribution in [0, 0.1) is 0 Å². The van der Waals surface area contributed by atoms with E-state index >= 15 is 0 Å². The molecular weight excluding hydrogens is 330 g/mol. The molecule has 1 aromatic heterocycles. The van der Waals surface area contributed by atoms with Crippen molar-refractivity contribution in [2.24, 2.45) is 0 Å². The van der Waals surface area contributed by atoms with Gasteiger partial charge in [0.25, 0.3) is 5.91 Å². The second-order valence-electron chi connectivity index (χ2n) is 5.18. The molecule has 5 heteroatoms. The molecule has 0 aliphatic rings. The number of hydrogen-bond donors (Lipinski definition) is 1. The molecule has 0 aliphatic heterocycles. The number of ether oxygens (including phenoxy) is 1. The minimum absolute atomic E-state index is 0.174. The number of amides is 1. The van der Waals surface area contributed by atoms with Crippen LogP contribution in [0.2, 0.25) is 5.02 Å². The average molecular weight is 346 g/mol. The summed E-state index contributed by atoms with van der Waals surface area (Å²) >= 11 is 7.62. The lowest BCUT2D eigenvalue weighted by Gasteiger charge is -2.14. The fourth-order valence-corrected chi connectivity index (χ4v) is 3.68. The Hall–Kier alpha value is -1.88. The van der Waals surface area contributed by atoms with E-state index in [1.165, 1.54) is 10.1 Å². The van der Waals surface area contributed by atoms with Gasteiger partial charge in [-0.1, -0.05) is 35.9 Å². The molecule has 0 spiro atoms. The van der Waals surface area contributed by atoms with E-state index in [1.807, 2.05) is 12.1 Å². The zero-order chi connectivity index (χ0) is 16.2. The highest BCUT2D eigenvalue weighted by Gasteiger charge is 2.19. The summed E-state index contributed by atoms with van der Waals surface area (Å²) in [5, 5.41) is 4.62. The third-order valence-electron chi connectivity index (χ3n) is 3.53. The fraction of sp³-hybridized carbons (Fsp3) is 0.167. The molecule has 0 bridgehead atoms. The molecule has 1 atom stereocenters. The number of hydrogen-bond acceptors (Lipinski definition) is 3. The topological polar surface area (TPSA) is 38.3 Å². The molecule has 0 saturated heterocycles. The summed E-state index contributed by atoms with van der Waals surface area (Å²) in [5.41, 5.74) is 0.667. The van der Waals surface area contributed by atoms with Gasteiger partial charge in [-0.05, 0) is 35.7 Å². The molecule has 1 heterocycles. The minimum Gasteiger partial charge on any atom is -0.371 e. The van der Waals surface area contributed by atoms with Crippen molar-refractivity contribution in [1.82, 2.24) is 0 Å². The number of carbonyl (C=O) groups excluding carboxylic acids is 1. The number of nitrogens with one attached hydrogen (secondary N) is 1. The lowest BCUT2D eigenvalue weighted by molar-refractivity contribution is -0.125. The summed E-state index contributed by atoms with van der Waals surface area (Å²) in [5.74, 6) is -0.174. The third-order valence-corrected chi connectivity index (χ3v) is 4.91. The average Bonchev–Trinajstić information content (AvgIpc) is 2.95. The Kier molecular flexibility index (Phi) is 4.96. The van der Waals surface area contributed by atoms with Crippen LogP contribution in [0.3, 0.4) is 0 Å². The van der Waals surface area contributed by atoms with Crippen LogP contribution < -0.4 is 5.32 Å². The molecule has 3 nitrogen and oxygen atoms in total. The third kappa shape index (κ3) is 3.91. The van der Waals surface area contributed by atoms with Gasteiger partial charge in [0, 0.05) is 33.8 Å². The molecule has 0 fully saturated rings. The van der Waals surface area contributed by atoms with E-state index in [0.29, 0.717) is 17.1 Å². The summed E-state index contributed by atoms with van der Waals surface area (Å²) in [6.45, 7) is 0. The maximum atomic E-state index is 12.4. The van der Waals surface area contributed by atoms with Gasteiger partial charge in [0.2, 0.25) is 0 Å². The number of rotatable bonds is 5.